The lowest BCUT2D eigenvalue weighted by atomic mass is 10.2. The summed E-state index contributed by atoms with van der Waals surface area (Å²) in [6.45, 7) is 5.01. The van der Waals surface area contributed by atoms with Crippen LogP contribution >= 0.6 is 0 Å². The Morgan fingerprint density at radius 2 is 2.12 bits per heavy atom. The molecule has 0 aromatic heterocycles. The molecule has 1 rings (SSSR count). The van der Waals surface area contributed by atoms with Crippen molar-refractivity contribution in [1.82, 2.24) is 10.2 Å². The maximum absolute atomic E-state index is 11.9. The first-order valence-electron chi connectivity index (χ1n) is 6.41. The third kappa shape index (κ3) is 5.02. The van der Waals surface area contributed by atoms with Crippen molar-refractivity contribution >= 4 is 5.91 Å². The predicted octanol–water partition coefficient (Wildman–Crippen LogP) is -0.0493. The molecule has 5 heteroatoms. The molecule has 2 atom stereocenters. The molecule has 0 bridgehead atoms. The molecule has 0 spiro atoms. The van der Waals surface area contributed by atoms with Crippen molar-refractivity contribution in [1.29, 1.82) is 0 Å². The zero-order valence-corrected chi connectivity index (χ0v) is 10.9. The van der Waals surface area contributed by atoms with E-state index in [-0.39, 0.29) is 18.1 Å². The lowest BCUT2D eigenvalue weighted by molar-refractivity contribution is -0.130. The van der Waals surface area contributed by atoms with Crippen molar-refractivity contribution in [3.05, 3.63) is 0 Å². The molecule has 0 aromatic carbocycles. The highest BCUT2D eigenvalue weighted by Crippen LogP contribution is 2.09. The molecule has 0 saturated carbocycles. The van der Waals surface area contributed by atoms with E-state index in [1.807, 2.05) is 11.8 Å². The smallest absolute Gasteiger partial charge is 0.224 e. The van der Waals surface area contributed by atoms with Crippen LogP contribution in [0.5, 0.6) is 0 Å². The quantitative estimate of drug-likeness (QED) is 0.658. The number of amides is 1. The first-order chi connectivity index (χ1) is 8.17. The third-order valence-corrected chi connectivity index (χ3v) is 3.26. The van der Waals surface area contributed by atoms with E-state index < -0.39 is 0 Å². The van der Waals surface area contributed by atoms with Gasteiger partial charge in [0.25, 0.3) is 0 Å². The van der Waals surface area contributed by atoms with Gasteiger partial charge in [0.1, 0.15) is 0 Å². The van der Waals surface area contributed by atoms with Crippen molar-refractivity contribution in [3.8, 4) is 0 Å². The molecule has 0 aromatic rings. The minimum atomic E-state index is 0.0562. The molecule has 0 aliphatic carbocycles. The van der Waals surface area contributed by atoms with Gasteiger partial charge in [0.2, 0.25) is 5.91 Å². The lowest BCUT2D eigenvalue weighted by Crippen LogP contribution is -2.44. The van der Waals surface area contributed by atoms with E-state index in [0.717, 1.165) is 32.5 Å². The zero-order valence-electron chi connectivity index (χ0n) is 10.9. The highest BCUT2D eigenvalue weighted by Gasteiger charge is 2.21. The number of ether oxygens (including phenoxy) is 1. The number of rotatable bonds is 7. The van der Waals surface area contributed by atoms with Crippen LogP contribution in [0.15, 0.2) is 0 Å². The van der Waals surface area contributed by atoms with E-state index in [2.05, 4.69) is 5.32 Å². The summed E-state index contributed by atoms with van der Waals surface area (Å²) in [5.74, 6) is 0.218. The van der Waals surface area contributed by atoms with Gasteiger partial charge in [-0.2, -0.15) is 0 Å². The highest BCUT2D eigenvalue weighted by molar-refractivity contribution is 5.77. The molecule has 5 nitrogen and oxygen atoms in total. The Bertz CT molecular complexity index is 230. The van der Waals surface area contributed by atoms with Gasteiger partial charge in [-0.25, -0.2) is 0 Å². The fourth-order valence-electron chi connectivity index (χ4n) is 1.96. The summed E-state index contributed by atoms with van der Waals surface area (Å²) in [5, 5.41) is 3.28. The summed E-state index contributed by atoms with van der Waals surface area (Å²) >= 11 is 0. The highest BCUT2D eigenvalue weighted by atomic mass is 16.5. The first kappa shape index (κ1) is 14.4. The molecule has 1 aliphatic heterocycles. The van der Waals surface area contributed by atoms with Gasteiger partial charge in [-0.05, 0) is 19.8 Å². The lowest BCUT2D eigenvalue weighted by Gasteiger charge is -2.22. The van der Waals surface area contributed by atoms with E-state index in [9.17, 15) is 4.79 Å². The molecule has 0 radical (unpaired) electrons. The van der Waals surface area contributed by atoms with Gasteiger partial charge in [0.15, 0.2) is 0 Å². The van der Waals surface area contributed by atoms with Crippen LogP contribution in [0.1, 0.15) is 26.2 Å². The Morgan fingerprint density at radius 3 is 2.65 bits per heavy atom. The van der Waals surface area contributed by atoms with E-state index in [0.29, 0.717) is 13.0 Å². The summed E-state index contributed by atoms with van der Waals surface area (Å²) < 4.78 is 5.15. The van der Waals surface area contributed by atoms with Gasteiger partial charge < -0.3 is 20.7 Å². The van der Waals surface area contributed by atoms with Crippen molar-refractivity contribution < 1.29 is 9.53 Å². The van der Waals surface area contributed by atoms with Crippen LogP contribution in [0.4, 0.5) is 0 Å². The second kappa shape index (κ2) is 7.63. The number of carbonyl (C=O) groups excluding carboxylic acids is 1. The normalized spacial score (nSPS) is 19.4. The van der Waals surface area contributed by atoms with Crippen LogP contribution in [-0.2, 0) is 9.53 Å². The SMILES string of the molecule is COC(C)CNC(CN)CC(=O)N1CCCC1. The van der Waals surface area contributed by atoms with Crippen molar-refractivity contribution in [2.45, 2.75) is 38.3 Å². The molecule has 100 valence electrons. The maximum Gasteiger partial charge on any atom is 0.224 e. The largest absolute Gasteiger partial charge is 0.380 e. The first-order valence-corrected chi connectivity index (χ1v) is 6.41. The Kier molecular flexibility index (Phi) is 6.47. The van der Waals surface area contributed by atoms with Crippen molar-refractivity contribution in [3.63, 3.8) is 0 Å². The molecule has 3 N–H and O–H groups in total. The summed E-state index contributed by atoms with van der Waals surface area (Å²) in [5.41, 5.74) is 5.67. The van der Waals surface area contributed by atoms with Gasteiger partial charge >= 0.3 is 0 Å². The Morgan fingerprint density at radius 1 is 1.47 bits per heavy atom. The molecule has 17 heavy (non-hydrogen) atoms. The number of hydrogen-bond donors (Lipinski definition) is 2. The van der Waals surface area contributed by atoms with E-state index in [1.54, 1.807) is 7.11 Å². The van der Waals surface area contributed by atoms with Gasteiger partial charge in [0, 0.05) is 45.8 Å². The van der Waals surface area contributed by atoms with Crippen LogP contribution in [0.2, 0.25) is 0 Å². The zero-order chi connectivity index (χ0) is 12.7. The second-order valence-corrected chi connectivity index (χ2v) is 4.68. The molecule has 1 amide bonds. The minimum absolute atomic E-state index is 0.0562. The number of nitrogens with zero attached hydrogens (tertiary/aromatic N) is 1. The number of methoxy groups -OCH3 is 1. The van der Waals surface area contributed by atoms with Gasteiger partial charge in [-0.3, -0.25) is 4.79 Å². The average Bonchev–Trinajstić information content (AvgIpc) is 2.87. The summed E-state index contributed by atoms with van der Waals surface area (Å²) in [6.07, 6.45) is 2.90. The number of carbonyl (C=O) groups is 1. The molecule has 1 fully saturated rings. The standard InChI is InChI=1S/C12H25N3O2/c1-10(17-2)9-14-11(8-13)7-12(16)15-5-3-4-6-15/h10-11,14H,3-9,13H2,1-2H3. The molecule has 2 unspecified atom stereocenters. The van der Waals surface area contributed by atoms with Gasteiger partial charge in [-0.15, -0.1) is 0 Å². The number of nitrogens with two attached hydrogens (primary N) is 1. The Balaban J connectivity index is 2.27. The van der Waals surface area contributed by atoms with Gasteiger partial charge in [0.05, 0.1) is 6.10 Å². The van der Waals surface area contributed by atoms with Crippen LogP contribution in [0, 0.1) is 0 Å². The predicted molar refractivity (Wildman–Crippen MR) is 67.7 cm³/mol. The summed E-state index contributed by atoms with van der Waals surface area (Å²) in [7, 11) is 1.68. The van der Waals surface area contributed by atoms with Crippen LogP contribution in [0.3, 0.4) is 0 Å². The van der Waals surface area contributed by atoms with E-state index in [1.165, 1.54) is 0 Å². The summed E-state index contributed by atoms with van der Waals surface area (Å²) in [4.78, 5) is 13.9. The molecule has 1 aliphatic rings. The molecule has 1 saturated heterocycles. The second-order valence-electron chi connectivity index (χ2n) is 4.68. The minimum Gasteiger partial charge on any atom is -0.380 e. The molecule has 1 heterocycles. The third-order valence-electron chi connectivity index (χ3n) is 3.26. The molecular formula is C12H25N3O2. The van der Waals surface area contributed by atoms with Crippen LogP contribution in [-0.4, -0.2) is 56.2 Å². The van der Waals surface area contributed by atoms with Crippen molar-refractivity contribution in [2.24, 2.45) is 5.73 Å². The van der Waals surface area contributed by atoms with Gasteiger partial charge in [-0.1, -0.05) is 0 Å². The average molecular weight is 243 g/mol. The fourth-order valence-corrected chi connectivity index (χ4v) is 1.96. The van der Waals surface area contributed by atoms with Crippen LogP contribution < -0.4 is 11.1 Å². The monoisotopic (exact) mass is 243 g/mol. The van der Waals surface area contributed by atoms with E-state index >= 15 is 0 Å². The fraction of sp³-hybridized carbons (Fsp3) is 0.917. The Hall–Kier alpha value is -0.650. The topological polar surface area (TPSA) is 67.6 Å². The molecular weight excluding hydrogens is 218 g/mol. The Labute approximate surface area is 104 Å². The number of likely N-dealkylation sites (tertiary alicyclic amines) is 1. The maximum atomic E-state index is 11.9. The van der Waals surface area contributed by atoms with E-state index in [4.69, 9.17) is 10.5 Å². The summed E-state index contributed by atoms with van der Waals surface area (Å²) in [6, 6.07) is 0.0562. The van der Waals surface area contributed by atoms with Crippen LogP contribution in [0.25, 0.3) is 0 Å². The number of hydrogen-bond acceptors (Lipinski definition) is 4. The number of nitrogens with one attached hydrogen (secondary N) is 1. The van der Waals surface area contributed by atoms with Crippen molar-refractivity contribution in [2.75, 3.05) is 33.3 Å².